The number of carbonyl (C=O) groups excluding carboxylic acids is 4. The number of methoxy groups -OCH3 is 2. The van der Waals surface area contributed by atoms with Gasteiger partial charge in [-0.1, -0.05) is 54.4 Å². The Balaban J connectivity index is 2.54. The van der Waals surface area contributed by atoms with Gasteiger partial charge in [-0.15, -0.1) is 0 Å². The van der Waals surface area contributed by atoms with Gasteiger partial charge in [-0.3, -0.25) is 29.2 Å². The second-order valence-electron chi connectivity index (χ2n) is 12.3. The van der Waals surface area contributed by atoms with Gasteiger partial charge in [0.1, 0.15) is 23.4 Å². The molecule has 2 N–H and O–H groups in total. The number of aliphatic imine (C=N–C) groups is 2. The van der Waals surface area contributed by atoms with E-state index in [2.05, 4.69) is 4.99 Å². The van der Waals surface area contributed by atoms with Crippen molar-refractivity contribution < 1.29 is 38.9 Å². The molecule has 0 aromatic carbocycles. The molecule has 0 aromatic heterocycles. The molecule has 0 aliphatic heterocycles. The van der Waals surface area contributed by atoms with Crippen LogP contribution in [0, 0.1) is 22.7 Å². The number of allylic oxidation sites excluding steroid dienone is 2. The standard InChI is InChI=1S/C31H46N2O8/c1-10-12-18(22-20(34)14-30(4,5)24(26(22)36)28(38)40-8)32-16-17(3)33-19(13-11-2)23-21(35)15-31(6,7)25(27(23)37)29(39)41-9/h17,24-25,36-37H,10-16H2,1-9H3/t17-,24+,25+/m1/s1. The minimum atomic E-state index is -0.994. The van der Waals surface area contributed by atoms with Gasteiger partial charge in [0.2, 0.25) is 0 Å². The molecule has 2 aliphatic rings. The molecule has 0 aromatic rings. The summed E-state index contributed by atoms with van der Waals surface area (Å²) in [6.07, 6.45) is 2.19. The first-order valence-electron chi connectivity index (χ1n) is 14.3. The molecule has 2 aliphatic carbocycles. The van der Waals surface area contributed by atoms with Crippen LogP contribution < -0.4 is 0 Å². The van der Waals surface area contributed by atoms with Crippen molar-refractivity contribution >= 4 is 34.9 Å². The van der Waals surface area contributed by atoms with Crippen molar-refractivity contribution in [3.63, 3.8) is 0 Å². The van der Waals surface area contributed by atoms with Crippen molar-refractivity contribution in [3.05, 3.63) is 22.7 Å². The van der Waals surface area contributed by atoms with Crippen LogP contribution in [0.4, 0.5) is 0 Å². The van der Waals surface area contributed by atoms with Crippen LogP contribution in [-0.2, 0) is 28.7 Å². The van der Waals surface area contributed by atoms with Crippen molar-refractivity contribution in [2.24, 2.45) is 32.7 Å². The Bertz CT molecular complexity index is 1190. The summed E-state index contributed by atoms with van der Waals surface area (Å²) in [7, 11) is 2.49. The molecule has 0 fully saturated rings. The van der Waals surface area contributed by atoms with Crippen LogP contribution in [0.3, 0.4) is 0 Å². The molecule has 0 radical (unpaired) electrons. The van der Waals surface area contributed by atoms with Crippen LogP contribution in [0.25, 0.3) is 0 Å². The van der Waals surface area contributed by atoms with E-state index in [4.69, 9.17) is 14.5 Å². The van der Waals surface area contributed by atoms with Crippen molar-refractivity contribution in [3.8, 4) is 0 Å². The second-order valence-corrected chi connectivity index (χ2v) is 12.3. The van der Waals surface area contributed by atoms with Crippen molar-refractivity contribution in [1.29, 1.82) is 0 Å². The van der Waals surface area contributed by atoms with E-state index >= 15 is 0 Å². The summed E-state index contributed by atoms with van der Waals surface area (Å²) in [6.45, 7) is 12.7. The Morgan fingerprint density at radius 2 is 1.22 bits per heavy atom. The summed E-state index contributed by atoms with van der Waals surface area (Å²) in [4.78, 5) is 60.8. The van der Waals surface area contributed by atoms with E-state index < -0.39 is 40.6 Å². The lowest BCUT2D eigenvalue weighted by Gasteiger charge is -2.36. The average Bonchev–Trinajstić information content (AvgIpc) is 2.85. The van der Waals surface area contributed by atoms with Crippen molar-refractivity contribution in [1.82, 2.24) is 0 Å². The first-order chi connectivity index (χ1) is 19.1. The highest BCUT2D eigenvalue weighted by Gasteiger charge is 2.49. The number of aliphatic hydroxyl groups is 2. The summed E-state index contributed by atoms with van der Waals surface area (Å²) in [5, 5.41) is 22.3. The number of ketones is 2. The maximum absolute atomic E-state index is 13.2. The monoisotopic (exact) mass is 574 g/mol. The third kappa shape index (κ3) is 7.32. The Morgan fingerprint density at radius 3 is 1.61 bits per heavy atom. The zero-order valence-corrected chi connectivity index (χ0v) is 25.9. The van der Waals surface area contributed by atoms with E-state index in [9.17, 15) is 29.4 Å². The van der Waals surface area contributed by atoms with Crippen LogP contribution in [0.15, 0.2) is 32.6 Å². The maximum Gasteiger partial charge on any atom is 0.316 e. The highest BCUT2D eigenvalue weighted by atomic mass is 16.5. The fourth-order valence-corrected chi connectivity index (χ4v) is 5.80. The van der Waals surface area contributed by atoms with Gasteiger partial charge in [0.15, 0.2) is 11.6 Å². The minimum absolute atomic E-state index is 0.0509. The molecule has 41 heavy (non-hydrogen) atoms. The number of esters is 2. The lowest BCUT2D eigenvalue weighted by molar-refractivity contribution is -0.151. The number of rotatable bonds is 11. The zero-order chi connectivity index (χ0) is 31.3. The Morgan fingerprint density at radius 1 is 0.829 bits per heavy atom. The summed E-state index contributed by atoms with van der Waals surface area (Å²) < 4.78 is 9.84. The van der Waals surface area contributed by atoms with Crippen LogP contribution in [0.5, 0.6) is 0 Å². The minimum Gasteiger partial charge on any atom is -0.511 e. The van der Waals surface area contributed by atoms with Crippen LogP contribution >= 0.6 is 0 Å². The maximum atomic E-state index is 13.2. The van der Waals surface area contributed by atoms with Crippen LogP contribution in [0.2, 0.25) is 0 Å². The number of nitrogens with zero attached hydrogens (tertiary/aromatic N) is 2. The van der Waals surface area contributed by atoms with E-state index in [1.807, 2.05) is 13.8 Å². The van der Waals surface area contributed by atoms with Gasteiger partial charge >= 0.3 is 11.9 Å². The predicted molar refractivity (Wildman–Crippen MR) is 156 cm³/mol. The molecule has 0 amide bonds. The van der Waals surface area contributed by atoms with E-state index in [0.717, 1.165) is 0 Å². The topological polar surface area (TPSA) is 152 Å². The van der Waals surface area contributed by atoms with Gasteiger partial charge in [0.05, 0.1) is 38.0 Å². The highest BCUT2D eigenvalue weighted by molar-refractivity contribution is 6.24. The molecule has 0 saturated carbocycles. The summed E-state index contributed by atoms with van der Waals surface area (Å²) in [5.74, 6) is -4.45. The lowest BCUT2D eigenvalue weighted by atomic mass is 9.67. The number of ether oxygens (including phenoxy) is 2. The number of hydrogen-bond donors (Lipinski definition) is 2. The molecule has 10 heteroatoms. The molecular formula is C31H46N2O8. The Kier molecular flexibility index (Phi) is 11.2. The smallest absolute Gasteiger partial charge is 0.316 e. The Hall–Kier alpha value is -3.30. The van der Waals surface area contributed by atoms with Gasteiger partial charge in [-0.25, -0.2) is 0 Å². The number of aliphatic hydroxyl groups excluding tert-OH is 2. The molecule has 0 spiro atoms. The highest BCUT2D eigenvalue weighted by Crippen LogP contribution is 2.44. The van der Waals surface area contributed by atoms with E-state index in [-0.39, 0.29) is 53.6 Å². The molecule has 0 unspecified atom stereocenters. The average molecular weight is 575 g/mol. The van der Waals surface area contributed by atoms with E-state index in [1.54, 1.807) is 34.6 Å². The molecule has 3 atom stereocenters. The quantitative estimate of drug-likeness (QED) is 0.257. The molecular weight excluding hydrogens is 528 g/mol. The predicted octanol–water partition coefficient (Wildman–Crippen LogP) is 5.06. The van der Waals surface area contributed by atoms with E-state index in [1.165, 1.54) is 14.2 Å². The molecule has 228 valence electrons. The first-order valence-corrected chi connectivity index (χ1v) is 14.3. The fraction of sp³-hybridized carbons (Fsp3) is 0.677. The number of carbonyl (C=O) groups is 4. The summed E-state index contributed by atoms with van der Waals surface area (Å²) in [5.41, 5.74) is -0.751. The van der Waals surface area contributed by atoms with Crippen molar-refractivity contribution in [2.45, 2.75) is 93.0 Å². The molecule has 0 saturated heterocycles. The van der Waals surface area contributed by atoms with Crippen LogP contribution in [-0.4, -0.2) is 71.9 Å². The van der Waals surface area contributed by atoms with Gasteiger partial charge in [0, 0.05) is 24.3 Å². The van der Waals surface area contributed by atoms with Crippen molar-refractivity contribution in [2.75, 3.05) is 20.8 Å². The molecule has 10 nitrogen and oxygen atoms in total. The molecule has 0 heterocycles. The zero-order valence-electron chi connectivity index (χ0n) is 25.9. The van der Waals surface area contributed by atoms with Gasteiger partial charge in [-0.05, 0) is 30.6 Å². The Labute approximate surface area is 243 Å². The van der Waals surface area contributed by atoms with E-state index in [0.29, 0.717) is 37.1 Å². The normalized spacial score (nSPS) is 23.9. The number of Topliss-reactive ketones (excluding diaryl/α,β-unsaturated/α-hetero) is 2. The molecule has 0 bridgehead atoms. The first kappa shape index (κ1) is 33.9. The lowest BCUT2D eigenvalue weighted by Crippen LogP contribution is -2.42. The van der Waals surface area contributed by atoms with Gasteiger partial charge in [-0.2, -0.15) is 0 Å². The largest absolute Gasteiger partial charge is 0.511 e. The summed E-state index contributed by atoms with van der Waals surface area (Å²) in [6, 6.07) is -0.461. The van der Waals surface area contributed by atoms with Gasteiger partial charge in [0.25, 0.3) is 0 Å². The fourth-order valence-electron chi connectivity index (χ4n) is 5.80. The second kappa shape index (κ2) is 13.6. The SMILES string of the molecule is CCCC(=NC[C@@H](C)N=C(CCC)C1=C(O)[C@@H](C(=O)OC)C(C)(C)CC1=O)C1=C(O)[C@@H](C(=O)OC)C(C)(C)CC1=O. The van der Waals surface area contributed by atoms with Gasteiger partial charge < -0.3 is 19.7 Å². The molecule has 2 rings (SSSR count). The van der Waals surface area contributed by atoms with Crippen LogP contribution in [0.1, 0.15) is 87.0 Å². The third-order valence-electron chi connectivity index (χ3n) is 7.76. The summed E-state index contributed by atoms with van der Waals surface area (Å²) >= 11 is 0. The number of hydrogen-bond acceptors (Lipinski definition) is 10. The third-order valence-corrected chi connectivity index (χ3v) is 7.76.